The van der Waals surface area contributed by atoms with Crippen molar-refractivity contribution in [3.05, 3.63) is 80.5 Å². The van der Waals surface area contributed by atoms with Crippen LogP contribution in [0, 0.1) is 11.3 Å². The summed E-state index contributed by atoms with van der Waals surface area (Å²) in [6.45, 7) is 12.0. The summed E-state index contributed by atoms with van der Waals surface area (Å²) in [4.78, 5) is 13.2. The molecular weight excluding hydrogens is 416 g/mol. The highest BCUT2D eigenvalue weighted by Crippen LogP contribution is 2.47. The van der Waals surface area contributed by atoms with Gasteiger partial charge in [-0.05, 0) is 39.7 Å². The van der Waals surface area contributed by atoms with Crippen LogP contribution in [0.15, 0.2) is 57.1 Å². The topological polar surface area (TPSA) is 109 Å². The number of aromatic hydroxyl groups is 1. The van der Waals surface area contributed by atoms with Crippen molar-refractivity contribution < 1.29 is 14.3 Å². The van der Waals surface area contributed by atoms with E-state index in [1.54, 1.807) is 18.2 Å². The predicted molar refractivity (Wildman–Crippen MR) is 127 cm³/mol. The maximum atomic E-state index is 13.2. The van der Waals surface area contributed by atoms with Crippen molar-refractivity contribution in [1.29, 1.82) is 5.26 Å². The molecule has 0 saturated heterocycles. The minimum absolute atomic E-state index is 0.0477. The molecule has 33 heavy (non-hydrogen) atoms. The maximum absolute atomic E-state index is 13.2. The van der Waals surface area contributed by atoms with Crippen LogP contribution in [-0.2, 0) is 10.8 Å². The molecule has 3 N–H and O–H groups in total. The van der Waals surface area contributed by atoms with Gasteiger partial charge in [0, 0.05) is 0 Å². The largest absolute Gasteiger partial charge is 0.507 e. The number of nitrogens with zero attached hydrogens (tertiary/aromatic N) is 1. The number of hydrogen-bond acceptors (Lipinski definition) is 6. The number of rotatable bonds is 1. The van der Waals surface area contributed by atoms with Gasteiger partial charge in [0.25, 0.3) is 0 Å². The lowest BCUT2D eigenvalue weighted by Crippen LogP contribution is -2.27. The normalized spacial score (nSPS) is 16.3. The van der Waals surface area contributed by atoms with Crippen molar-refractivity contribution in [2.45, 2.75) is 58.3 Å². The van der Waals surface area contributed by atoms with Gasteiger partial charge in [0.05, 0.1) is 16.9 Å². The molecule has 0 amide bonds. The number of fused-ring (bicyclic) bond motifs is 3. The van der Waals surface area contributed by atoms with Gasteiger partial charge in [0.2, 0.25) is 5.88 Å². The molecule has 1 unspecified atom stereocenters. The molecule has 2 aromatic carbocycles. The van der Waals surface area contributed by atoms with Gasteiger partial charge >= 0.3 is 5.63 Å². The second-order valence-corrected chi connectivity index (χ2v) is 10.5. The number of allylic oxidation sites excluding steroid dienone is 1. The fourth-order valence-corrected chi connectivity index (χ4v) is 4.37. The Balaban J connectivity index is 2.13. The molecule has 0 saturated carbocycles. The summed E-state index contributed by atoms with van der Waals surface area (Å²) in [5, 5.41) is 21.7. The van der Waals surface area contributed by atoms with Crippen molar-refractivity contribution in [2.75, 3.05) is 0 Å². The molecule has 0 bridgehead atoms. The Labute approximate surface area is 192 Å². The third kappa shape index (κ3) is 3.64. The first-order valence-electron chi connectivity index (χ1n) is 10.9. The second kappa shape index (κ2) is 7.41. The SMILES string of the molecule is CC(C)(C)c1cc(C2C(C#N)=C(N)Oc3c2c(=O)oc2ccccc32)cc(C(C)(C)C)c1O. The van der Waals surface area contributed by atoms with Crippen LogP contribution in [-0.4, -0.2) is 5.11 Å². The number of phenolic OH excluding ortho intramolecular Hbond substituents is 1. The lowest BCUT2D eigenvalue weighted by atomic mass is 9.75. The molecule has 170 valence electrons. The molecule has 6 heteroatoms. The van der Waals surface area contributed by atoms with E-state index in [0.717, 1.165) is 11.1 Å². The highest BCUT2D eigenvalue weighted by Gasteiger charge is 2.37. The van der Waals surface area contributed by atoms with Gasteiger partial charge in [0.1, 0.15) is 23.0 Å². The van der Waals surface area contributed by atoms with Crippen molar-refractivity contribution in [3.8, 4) is 17.6 Å². The van der Waals surface area contributed by atoms with Crippen LogP contribution >= 0.6 is 0 Å². The zero-order chi connectivity index (χ0) is 24.3. The van der Waals surface area contributed by atoms with E-state index >= 15 is 0 Å². The van der Waals surface area contributed by atoms with Crippen molar-refractivity contribution in [1.82, 2.24) is 0 Å². The van der Waals surface area contributed by atoms with Crippen LogP contribution in [0.2, 0.25) is 0 Å². The Morgan fingerprint density at radius 2 is 1.61 bits per heavy atom. The van der Waals surface area contributed by atoms with Crippen LogP contribution in [0.4, 0.5) is 0 Å². The second-order valence-electron chi connectivity index (χ2n) is 10.5. The number of phenols is 1. The Bertz CT molecular complexity index is 1370. The summed E-state index contributed by atoms with van der Waals surface area (Å²) in [7, 11) is 0. The monoisotopic (exact) mass is 444 g/mol. The molecule has 1 aliphatic rings. The molecule has 0 fully saturated rings. The van der Waals surface area contributed by atoms with Gasteiger partial charge in [-0.1, -0.05) is 65.8 Å². The zero-order valence-corrected chi connectivity index (χ0v) is 19.7. The fourth-order valence-electron chi connectivity index (χ4n) is 4.37. The molecule has 2 heterocycles. The van der Waals surface area contributed by atoms with Gasteiger partial charge in [0.15, 0.2) is 5.75 Å². The molecule has 0 spiro atoms. The van der Waals surface area contributed by atoms with Crippen molar-refractivity contribution in [3.63, 3.8) is 0 Å². The Hall–Kier alpha value is -3.72. The van der Waals surface area contributed by atoms with Crippen LogP contribution in [0.1, 0.15) is 69.7 Å². The molecule has 3 aromatic rings. The van der Waals surface area contributed by atoms with E-state index in [4.69, 9.17) is 14.9 Å². The summed E-state index contributed by atoms with van der Waals surface area (Å²) in [6, 6.07) is 12.9. The third-order valence-electron chi connectivity index (χ3n) is 6.06. The van der Waals surface area contributed by atoms with Crippen LogP contribution < -0.4 is 16.1 Å². The lowest BCUT2D eigenvalue weighted by molar-refractivity contribution is 0.387. The number of benzene rings is 2. The third-order valence-corrected chi connectivity index (χ3v) is 6.06. The fraction of sp³-hybridized carbons (Fsp3) is 0.333. The van der Waals surface area contributed by atoms with Crippen molar-refractivity contribution in [2.24, 2.45) is 5.73 Å². The van der Waals surface area contributed by atoms with E-state index in [9.17, 15) is 15.2 Å². The number of hydrogen-bond donors (Lipinski definition) is 2. The average Bonchev–Trinajstić information content (AvgIpc) is 2.71. The molecule has 4 rings (SSSR count). The Morgan fingerprint density at radius 1 is 1.03 bits per heavy atom. The van der Waals surface area contributed by atoms with E-state index in [1.807, 2.05) is 59.7 Å². The van der Waals surface area contributed by atoms with Gasteiger partial charge in [-0.25, -0.2) is 4.79 Å². The summed E-state index contributed by atoms with van der Waals surface area (Å²) in [5.74, 6) is -0.325. The number of nitrogens with two attached hydrogens (primary N) is 1. The molecule has 6 nitrogen and oxygen atoms in total. The number of para-hydroxylation sites is 1. The predicted octanol–water partition coefficient (Wildman–Crippen LogP) is 5.31. The Kier molecular flexibility index (Phi) is 5.05. The Morgan fingerprint density at radius 3 is 2.15 bits per heavy atom. The first-order chi connectivity index (χ1) is 15.3. The molecule has 1 aliphatic heterocycles. The standard InChI is InChI=1S/C27H28N2O4/c1-26(2,3)17-11-14(12-18(22(17)30)27(4,5)6)20-16(13-28)24(29)33-23-15-9-7-8-10-19(15)32-25(31)21(20)23/h7-12,20,30H,29H2,1-6H3. The molecule has 0 aliphatic carbocycles. The number of ether oxygens (including phenoxy) is 1. The smallest absolute Gasteiger partial charge is 0.344 e. The van der Waals surface area contributed by atoms with Gasteiger partial charge in [-0.15, -0.1) is 0 Å². The summed E-state index contributed by atoms with van der Waals surface area (Å²) >= 11 is 0. The van der Waals surface area contributed by atoms with Crippen LogP contribution in [0.3, 0.4) is 0 Å². The average molecular weight is 445 g/mol. The summed E-state index contributed by atoms with van der Waals surface area (Å²) in [5.41, 5.74) is 7.71. The zero-order valence-electron chi connectivity index (χ0n) is 19.7. The van der Waals surface area contributed by atoms with E-state index in [1.165, 1.54) is 0 Å². The molecule has 0 radical (unpaired) electrons. The first kappa shape index (κ1) is 22.5. The maximum Gasteiger partial charge on any atom is 0.344 e. The summed E-state index contributed by atoms with van der Waals surface area (Å²) < 4.78 is 11.4. The number of nitriles is 1. The van der Waals surface area contributed by atoms with Gasteiger partial charge in [-0.3, -0.25) is 0 Å². The van der Waals surface area contributed by atoms with Gasteiger partial charge in [-0.2, -0.15) is 5.26 Å². The van der Waals surface area contributed by atoms with E-state index in [0.29, 0.717) is 22.3 Å². The van der Waals surface area contributed by atoms with E-state index in [-0.39, 0.29) is 33.6 Å². The molecular formula is C27H28N2O4. The minimum Gasteiger partial charge on any atom is -0.507 e. The van der Waals surface area contributed by atoms with E-state index in [2.05, 4.69) is 6.07 Å². The van der Waals surface area contributed by atoms with Gasteiger partial charge < -0.3 is 20.0 Å². The summed E-state index contributed by atoms with van der Waals surface area (Å²) in [6.07, 6.45) is 0. The quantitative estimate of drug-likeness (QED) is 0.492. The first-order valence-corrected chi connectivity index (χ1v) is 10.9. The van der Waals surface area contributed by atoms with E-state index < -0.39 is 11.5 Å². The van der Waals surface area contributed by atoms with Crippen LogP contribution in [0.25, 0.3) is 11.0 Å². The minimum atomic E-state index is -0.789. The van der Waals surface area contributed by atoms with Crippen molar-refractivity contribution >= 4 is 11.0 Å². The highest BCUT2D eigenvalue weighted by atomic mass is 16.5. The molecule has 1 atom stereocenters. The lowest BCUT2D eigenvalue weighted by Gasteiger charge is -2.31. The molecule has 1 aromatic heterocycles. The van der Waals surface area contributed by atoms with Crippen LogP contribution in [0.5, 0.6) is 11.5 Å². The highest BCUT2D eigenvalue weighted by molar-refractivity contribution is 5.86.